The first kappa shape index (κ1) is 17.8. The Hall–Kier alpha value is -0.240. The highest BCUT2D eigenvalue weighted by Crippen LogP contribution is 1.79. The van der Waals surface area contributed by atoms with Crippen LogP contribution in [0.5, 0.6) is 0 Å². The topological polar surface area (TPSA) is 58.2 Å². The molecule has 0 saturated heterocycles. The van der Waals surface area contributed by atoms with E-state index in [1.807, 2.05) is 0 Å². The molecule has 0 rings (SSSR count). The molecule has 0 aliphatic carbocycles. The number of rotatable bonds is 15. The van der Waals surface area contributed by atoms with Gasteiger partial charge in [-0.25, -0.2) is 0 Å². The van der Waals surface area contributed by atoms with Gasteiger partial charge in [-0.2, -0.15) is 0 Å². The normalized spacial score (nSPS) is 11.0. The first-order valence-corrected chi connectivity index (χ1v) is 6.33. The van der Waals surface area contributed by atoms with Gasteiger partial charge >= 0.3 is 0 Å². The highest BCUT2D eigenvalue weighted by Gasteiger charge is 1.91. The van der Waals surface area contributed by atoms with E-state index in [-0.39, 0.29) is 0 Å². The molecule has 0 saturated carbocycles. The molecule has 0 heterocycles. The maximum Gasteiger partial charge on any atom is 0.0701 e. The lowest BCUT2D eigenvalue weighted by molar-refractivity contribution is 0.0250. The van der Waals surface area contributed by atoms with Crippen molar-refractivity contribution in [3.05, 3.63) is 0 Å². The maximum atomic E-state index is 5.37. The Kier molecular flexibility index (Phi) is 16.5. The fourth-order valence-electron chi connectivity index (χ4n) is 1.12. The van der Waals surface area contributed by atoms with Crippen LogP contribution in [-0.2, 0) is 23.7 Å². The molecule has 0 spiro atoms. The van der Waals surface area contributed by atoms with Crippen LogP contribution in [0.25, 0.3) is 0 Å². The lowest BCUT2D eigenvalue weighted by Gasteiger charge is -2.07. The van der Waals surface area contributed by atoms with Crippen LogP contribution in [0.4, 0.5) is 0 Å². The molecule has 0 unspecified atom stereocenters. The van der Waals surface area contributed by atoms with Crippen LogP contribution in [0.15, 0.2) is 0 Å². The van der Waals surface area contributed by atoms with Gasteiger partial charge in [-0.05, 0) is 0 Å². The third-order valence-corrected chi connectivity index (χ3v) is 2.08. The van der Waals surface area contributed by atoms with Crippen LogP contribution in [0, 0.1) is 0 Å². The first-order chi connectivity index (χ1) is 8.91. The van der Waals surface area contributed by atoms with E-state index >= 15 is 0 Å². The predicted molar refractivity (Wildman–Crippen MR) is 69.1 cm³/mol. The predicted octanol–water partition coefficient (Wildman–Crippen LogP) is -0.0814. The first-order valence-electron chi connectivity index (χ1n) is 6.33. The summed E-state index contributed by atoms with van der Waals surface area (Å²) in [6.45, 7) is 6.82. The summed E-state index contributed by atoms with van der Waals surface area (Å²) in [5.74, 6) is 0. The van der Waals surface area contributed by atoms with Crippen molar-refractivity contribution in [3.8, 4) is 0 Å². The SMILES string of the molecule is COCCOCCNCCOCCOCCOC. The molecule has 0 aromatic carbocycles. The van der Waals surface area contributed by atoms with Gasteiger partial charge in [0, 0.05) is 27.3 Å². The van der Waals surface area contributed by atoms with Crippen molar-refractivity contribution < 1.29 is 23.7 Å². The van der Waals surface area contributed by atoms with Crippen LogP contribution in [0.3, 0.4) is 0 Å². The summed E-state index contributed by atoms with van der Waals surface area (Å²) in [5, 5.41) is 3.22. The summed E-state index contributed by atoms with van der Waals surface area (Å²) in [7, 11) is 3.32. The molecular weight excluding hydrogens is 238 g/mol. The fourth-order valence-corrected chi connectivity index (χ4v) is 1.12. The molecule has 1 N–H and O–H groups in total. The van der Waals surface area contributed by atoms with Gasteiger partial charge in [-0.15, -0.1) is 0 Å². The number of ether oxygens (including phenoxy) is 5. The highest BCUT2D eigenvalue weighted by atomic mass is 16.5. The molecule has 6 nitrogen and oxygen atoms in total. The number of nitrogens with one attached hydrogen (secondary N) is 1. The van der Waals surface area contributed by atoms with Crippen molar-refractivity contribution >= 4 is 0 Å². The van der Waals surface area contributed by atoms with Crippen molar-refractivity contribution in [3.63, 3.8) is 0 Å². The van der Waals surface area contributed by atoms with E-state index in [9.17, 15) is 0 Å². The zero-order chi connectivity index (χ0) is 13.3. The van der Waals surface area contributed by atoms with Crippen molar-refractivity contribution in [1.29, 1.82) is 0 Å². The number of hydrogen-bond acceptors (Lipinski definition) is 6. The highest BCUT2D eigenvalue weighted by molar-refractivity contribution is 4.45. The number of hydrogen-bond donors (Lipinski definition) is 1. The largest absolute Gasteiger partial charge is 0.382 e. The Labute approximate surface area is 110 Å². The van der Waals surface area contributed by atoms with Gasteiger partial charge in [-0.1, -0.05) is 0 Å². The second kappa shape index (κ2) is 16.8. The molecule has 0 atom stereocenters. The van der Waals surface area contributed by atoms with E-state index in [1.54, 1.807) is 14.2 Å². The second-order valence-corrected chi connectivity index (χ2v) is 3.57. The van der Waals surface area contributed by atoms with Crippen molar-refractivity contribution in [1.82, 2.24) is 5.32 Å². The zero-order valence-corrected chi connectivity index (χ0v) is 11.6. The summed E-state index contributed by atoms with van der Waals surface area (Å²) < 4.78 is 25.6. The maximum absolute atomic E-state index is 5.37. The second-order valence-electron chi connectivity index (χ2n) is 3.57. The molecule has 0 bridgehead atoms. The summed E-state index contributed by atoms with van der Waals surface area (Å²) in [6.07, 6.45) is 0. The van der Waals surface area contributed by atoms with Gasteiger partial charge in [0.05, 0.1) is 52.9 Å². The summed E-state index contributed by atoms with van der Waals surface area (Å²) in [4.78, 5) is 0. The van der Waals surface area contributed by atoms with Crippen LogP contribution in [0.1, 0.15) is 0 Å². The molecule has 110 valence electrons. The fraction of sp³-hybridized carbons (Fsp3) is 1.00. The summed E-state index contributed by atoms with van der Waals surface area (Å²) in [6, 6.07) is 0. The Balaban J connectivity index is 2.86. The molecule has 0 fully saturated rings. The van der Waals surface area contributed by atoms with E-state index in [2.05, 4.69) is 5.32 Å². The van der Waals surface area contributed by atoms with E-state index in [1.165, 1.54) is 0 Å². The molecule has 0 aliphatic rings. The molecule has 0 radical (unpaired) electrons. The average molecular weight is 265 g/mol. The lowest BCUT2D eigenvalue weighted by Crippen LogP contribution is -2.25. The van der Waals surface area contributed by atoms with E-state index in [0.717, 1.165) is 13.1 Å². The van der Waals surface area contributed by atoms with Gasteiger partial charge in [0.2, 0.25) is 0 Å². The number of methoxy groups -OCH3 is 2. The minimum absolute atomic E-state index is 0.615. The Morgan fingerprint density at radius 2 is 0.944 bits per heavy atom. The van der Waals surface area contributed by atoms with Crippen molar-refractivity contribution in [2.45, 2.75) is 0 Å². The summed E-state index contributed by atoms with van der Waals surface area (Å²) in [5.41, 5.74) is 0. The van der Waals surface area contributed by atoms with E-state index in [4.69, 9.17) is 23.7 Å². The standard InChI is InChI=1S/C12H27NO5/c1-14-7-9-16-5-3-13-4-6-17-11-12-18-10-8-15-2/h13H,3-12H2,1-2H3. The lowest BCUT2D eigenvalue weighted by atomic mass is 10.6. The van der Waals surface area contributed by atoms with Gasteiger partial charge < -0.3 is 29.0 Å². The zero-order valence-electron chi connectivity index (χ0n) is 11.6. The van der Waals surface area contributed by atoms with Gasteiger partial charge in [0.15, 0.2) is 0 Å². The van der Waals surface area contributed by atoms with Gasteiger partial charge in [0.25, 0.3) is 0 Å². The Bertz CT molecular complexity index is 132. The third kappa shape index (κ3) is 15.8. The van der Waals surface area contributed by atoms with Crippen LogP contribution >= 0.6 is 0 Å². The van der Waals surface area contributed by atoms with Crippen molar-refractivity contribution in [2.75, 3.05) is 80.2 Å². The quantitative estimate of drug-likeness (QED) is 0.418. The van der Waals surface area contributed by atoms with E-state index in [0.29, 0.717) is 52.9 Å². The Morgan fingerprint density at radius 3 is 1.39 bits per heavy atom. The van der Waals surface area contributed by atoms with Crippen LogP contribution < -0.4 is 5.32 Å². The van der Waals surface area contributed by atoms with E-state index < -0.39 is 0 Å². The molecule has 0 aromatic heterocycles. The smallest absolute Gasteiger partial charge is 0.0701 e. The van der Waals surface area contributed by atoms with Gasteiger partial charge in [-0.3, -0.25) is 0 Å². The minimum Gasteiger partial charge on any atom is -0.382 e. The average Bonchev–Trinajstić information content (AvgIpc) is 2.39. The molecule has 6 heteroatoms. The minimum atomic E-state index is 0.615. The molecule has 0 aromatic rings. The summed E-state index contributed by atoms with van der Waals surface area (Å²) >= 11 is 0. The molecular formula is C12H27NO5. The monoisotopic (exact) mass is 265 g/mol. The van der Waals surface area contributed by atoms with Crippen LogP contribution in [0.2, 0.25) is 0 Å². The molecule has 0 aliphatic heterocycles. The molecule has 0 amide bonds. The third-order valence-electron chi connectivity index (χ3n) is 2.08. The van der Waals surface area contributed by atoms with Gasteiger partial charge in [0.1, 0.15) is 0 Å². The van der Waals surface area contributed by atoms with Crippen molar-refractivity contribution in [2.24, 2.45) is 0 Å². The molecule has 18 heavy (non-hydrogen) atoms. The Morgan fingerprint density at radius 1 is 0.556 bits per heavy atom. The van der Waals surface area contributed by atoms with Crippen LogP contribution in [-0.4, -0.2) is 80.2 Å².